The smallest absolute Gasteiger partial charge is 0.226 e. The van der Waals surface area contributed by atoms with E-state index in [9.17, 15) is 9.18 Å². The number of carbonyl (C=O) groups is 1. The third-order valence-corrected chi connectivity index (χ3v) is 4.56. The molecule has 0 heterocycles. The molecule has 1 aromatic rings. The number of nitrogens with zero attached hydrogens (tertiary/aromatic N) is 1. The molecule has 0 spiro atoms. The van der Waals surface area contributed by atoms with Gasteiger partial charge in [0.2, 0.25) is 5.91 Å². The molecule has 2 rings (SSSR count). The average Bonchev–Trinajstić information content (AvgIpc) is 2.94. The summed E-state index contributed by atoms with van der Waals surface area (Å²) in [4.78, 5) is 14.4. The molecule has 1 amide bonds. The van der Waals surface area contributed by atoms with Gasteiger partial charge in [0.25, 0.3) is 0 Å². The molecule has 0 bridgehead atoms. The highest BCUT2D eigenvalue weighted by Crippen LogP contribution is 2.34. The molecule has 20 heavy (non-hydrogen) atoms. The zero-order valence-electron chi connectivity index (χ0n) is 12.2. The van der Waals surface area contributed by atoms with Crippen LogP contribution in [0.25, 0.3) is 0 Å². The van der Waals surface area contributed by atoms with Gasteiger partial charge in [0.15, 0.2) is 0 Å². The second-order valence-electron chi connectivity index (χ2n) is 5.71. The maximum atomic E-state index is 13.0. The van der Waals surface area contributed by atoms with Gasteiger partial charge < -0.3 is 10.6 Å². The molecule has 0 aliphatic heterocycles. The lowest BCUT2D eigenvalue weighted by molar-refractivity contribution is -0.137. The minimum absolute atomic E-state index is 0.0490. The fraction of sp³-hybridized carbons (Fsp3) is 0.562. The normalized spacial score (nSPS) is 23.6. The van der Waals surface area contributed by atoms with Gasteiger partial charge in [-0.1, -0.05) is 18.6 Å². The van der Waals surface area contributed by atoms with Crippen molar-refractivity contribution in [2.45, 2.75) is 32.2 Å². The molecule has 1 aliphatic rings. The number of hydrogen-bond acceptors (Lipinski definition) is 2. The van der Waals surface area contributed by atoms with Crippen molar-refractivity contribution in [2.75, 3.05) is 13.6 Å². The molecule has 1 unspecified atom stereocenters. The predicted molar refractivity (Wildman–Crippen MR) is 77.5 cm³/mol. The first-order chi connectivity index (χ1) is 9.54. The zero-order valence-corrected chi connectivity index (χ0v) is 12.2. The van der Waals surface area contributed by atoms with Gasteiger partial charge in [-0.3, -0.25) is 4.79 Å². The van der Waals surface area contributed by atoms with Gasteiger partial charge in [0, 0.05) is 13.0 Å². The molecule has 0 saturated heterocycles. The van der Waals surface area contributed by atoms with Crippen molar-refractivity contribution in [3.63, 3.8) is 0 Å². The molecule has 0 radical (unpaired) electrons. The Kier molecular flexibility index (Phi) is 4.76. The Morgan fingerprint density at radius 2 is 2.05 bits per heavy atom. The first-order valence-electron chi connectivity index (χ1n) is 7.26. The van der Waals surface area contributed by atoms with E-state index in [1.54, 1.807) is 17.0 Å². The SMILES string of the molecule is CC(c1ccc(F)cc1)N(C)C(=O)[C@@H]1CCC[C@@H]1CN. The lowest BCUT2D eigenvalue weighted by Gasteiger charge is -2.30. The number of carbonyl (C=O) groups excluding carboxylic acids is 1. The number of nitrogens with two attached hydrogens (primary N) is 1. The molecule has 3 nitrogen and oxygen atoms in total. The monoisotopic (exact) mass is 278 g/mol. The van der Waals surface area contributed by atoms with Crippen LogP contribution in [0, 0.1) is 17.7 Å². The van der Waals surface area contributed by atoms with Crippen molar-refractivity contribution in [3.05, 3.63) is 35.6 Å². The molecule has 1 aliphatic carbocycles. The van der Waals surface area contributed by atoms with E-state index in [2.05, 4.69) is 0 Å². The number of halogens is 1. The van der Waals surface area contributed by atoms with Gasteiger partial charge >= 0.3 is 0 Å². The lowest BCUT2D eigenvalue weighted by atomic mass is 9.94. The van der Waals surface area contributed by atoms with Crippen molar-refractivity contribution in [3.8, 4) is 0 Å². The fourth-order valence-corrected chi connectivity index (χ4v) is 3.06. The quantitative estimate of drug-likeness (QED) is 0.920. The van der Waals surface area contributed by atoms with E-state index in [-0.39, 0.29) is 23.7 Å². The van der Waals surface area contributed by atoms with E-state index in [0.717, 1.165) is 24.8 Å². The fourth-order valence-electron chi connectivity index (χ4n) is 3.06. The van der Waals surface area contributed by atoms with Crippen LogP contribution in [-0.4, -0.2) is 24.4 Å². The summed E-state index contributed by atoms with van der Waals surface area (Å²) in [6.07, 6.45) is 3.06. The summed E-state index contributed by atoms with van der Waals surface area (Å²) >= 11 is 0. The third-order valence-electron chi connectivity index (χ3n) is 4.56. The molecule has 2 N–H and O–H groups in total. The minimum atomic E-state index is -0.256. The number of hydrogen-bond donors (Lipinski definition) is 1. The highest BCUT2D eigenvalue weighted by Gasteiger charge is 2.34. The summed E-state index contributed by atoms with van der Waals surface area (Å²) in [5.74, 6) is 0.266. The molecule has 3 atom stereocenters. The first-order valence-corrected chi connectivity index (χ1v) is 7.26. The van der Waals surface area contributed by atoms with Crippen LogP contribution in [0.15, 0.2) is 24.3 Å². The molecule has 110 valence electrons. The summed E-state index contributed by atoms with van der Waals surface area (Å²) in [6.45, 7) is 2.55. The van der Waals surface area contributed by atoms with Crippen LogP contribution in [0.5, 0.6) is 0 Å². The van der Waals surface area contributed by atoms with Gasteiger partial charge in [-0.15, -0.1) is 0 Å². The van der Waals surface area contributed by atoms with Gasteiger partial charge in [-0.2, -0.15) is 0 Å². The maximum Gasteiger partial charge on any atom is 0.226 e. The Bertz CT molecular complexity index is 460. The molecule has 1 saturated carbocycles. The molecule has 0 aromatic heterocycles. The van der Waals surface area contributed by atoms with Crippen LogP contribution in [0.2, 0.25) is 0 Å². The van der Waals surface area contributed by atoms with Crippen molar-refractivity contribution < 1.29 is 9.18 Å². The van der Waals surface area contributed by atoms with Gasteiger partial charge in [0.05, 0.1) is 6.04 Å². The van der Waals surface area contributed by atoms with E-state index < -0.39 is 0 Å². The molecule has 1 fully saturated rings. The highest BCUT2D eigenvalue weighted by atomic mass is 19.1. The maximum absolute atomic E-state index is 13.0. The van der Waals surface area contributed by atoms with Crippen LogP contribution in [-0.2, 0) is 4.79 Å². The topological polar surface area (TPSA) is 46.3 Å². The molecule has 4 heteroatoms. The average molecular weight is 278 g/mol. The number of amides is 1. The Hall–Kier alpha value is -1.42. The van der Waals surface area contributed by atoms with Crippen LogP contribution in [0.3, 0.4) is 0 Å². The highest BCUT2D eigenvalue weighted by molar-refractivity contribution is 5.79. The Morgan fingerprint density at radius 1 is 1.40 bits per heavy atom. The summed E-state index contributed by atoms with van der Waals surface area (Å²) in [7, 11) is 1.82. The second kappa shape index (κ2) is 6.35. The molecule has 1 aromatic carbocycles. The summed E-state index contributed by atoms with van der Waals surface area (Å²) in [5.41, 5.74) is 6.70. The van der Waals surface area contributed by atoms with Crippen LogP contribution >= 0.6 is 0 Å². The zero-order chi connectivity index (χ0) is 14.7. The van der Waals surface area contributed by atoms with Crippen molar-refractivity contribution in [2.24, 2.45) is 17.6 Å². The van der Waals surface area contributed by atoms with Gasteiger partial charge in [0.1, 0.15) is 5.82 Å². The van der Waals surface area contributed by atoms with E-state index in [0.29, 0.717) is 12.5 Å². The predicted octanol–water partition coefficient (Wildman–Crippen LogP) is 2.72. The van der Waals surface area contributed by atoms with Gasteiger partial charge in [-0.25, -0.2) is 4.39 Å². The van der Waals surface area contributed by atoms with Crippen LogP contribution in [0.4, 0.5) is 4.39 Å². The summed E-state index contributed by atoms with van der Waals surface area (Å²) in [5, 5.41) is 0. The van der Waals surface area contributed by atoms with E-state index >= 15 is 0 Å². The number of rotatable bonds is 4. The Balaban J connectivity index is 2.07. The van der Waals surface area contributed by atoms with Crippen LogP contribution in [0.1, 0.15) is 37.8 Å². The first kappa shape index (κ1) is 15.0. The summed E-state index contributed by atoms with van der Waals surface area (Å²) in [6, 6.07) is 6.28. The number of benzene rings is 1. The van der Waals surface area contributed by atoms with E-state index in [1.165, 1.54) is 12.1 Å². The van der Waals surface area contributed by atoms with E-state index in [1.807, 2.05) is 14.0 Å². The molecular weight excluding hydrogens is 255 g/mol. The second-order valence-corrected chi connectivity index (χ2v) is 5.71. The van der Waals surface area contributed by atoms with Gasteiger partial charge in [-0.05, 0) is 49.9 Å². The lowest BCUT2D eigenvalue weighted by Crippen LogP contribution is -2.38. The summed E-state index contributed by atoms with van der Waals surface area (Å²) < 4.78 is 13.0. The largest absolute Gasteiger partial charge is 0.339 e. The third kappa shape index (κ3) is 3.01. The van der Waals surface area contributed by atoms with Crippen LogP contribution < -0.4 is 5.73 Å². The van der Waals surface area contributed by atoms with E-state index in [4.69, 9.17) is 5.73 Å². The van der Waals surface area contributed by atoms with Crippen molar-refractivity contribution >= 4 is 5.91 Å². The Morgan fingerprint density at radius 3 is 2.65 bits per heavy atom. The minimum Gasteiger partial charge on any atom is -0.339 e. The molecular formula is C16H23FN2O. The Labute approximate surface area is 120 Å². The standard InChI is InChI=1S/C16H23FN2O/c1-11(12-6-8-14(17)9-7-12)19(2)16(20)15-5-3-4-13(15)10-18/h6-9,11,13,15H,3-5,10,18H2,1-2H3/t11?,13-,15-/m1/s1. The van der Waals surface area contributed by atoms with Crippen molar-refractivity contribution in [1.82, 2.24) is 4.90 Å². The van der Waals surface area contributed by atoms with Crippen molar-refractivity contribution in [1.29, 1.82) is 0 Å².